The second-order valence-electron chi connectivity index (χ2n) is 15.7. The van der Waals surface area contributed by atoms with Gasteiger partial charge in [-0.25, -0.2) is 9.59 Å². The van der Waals surface area contributed by atoms with Crippen LogP contribution in [-0.2, 0) is 23.9 Å². The molecule has 62 heavy (non-hydrogen) atoms. The first-order valence-electron chi connectivity index (χ1n) is 19.9. The molecule has 0 fully saturated rings. The number of rotatable bonds is 21. The average Bonchev–Trinajstić information content (AvgIpc) is 3.15. The third-order valence-electron chi connectivity index (χ3n) is 8.89. The van der Waals surface area contributed by atoms with E-state index in [4.69, 9.17) is 49.3 Å². The van der Waals surface area contributed by atoms with Crippen LogP contribution in [0.15, 0.2) is 48.5 Å². The number of hydrogen-bond donors (Lipinski definition) is 10. The van der Waals surface area contributed by atoms with Crippen LogP contribution in [0.2, 0.25) is 0 Å². The lowest BCUT2D eigenvalue weighted by Gasteiger charge is -2.30. The fourth-order valence-electron chi connectivity index (χ4n) is 5.84. The highest BCUT2D eigenvalue weighted by molar-refractivity contribution is 6.17. The average molecular weight is 871 g/mol. The molecule has 0 saturated heterocycles. The van der Waals surface area contributed by atoms with Gasteiger partial charge in [-0.05, 0) is 89.8 Å². The van der Waals surface area contributed by atoms with Gasteiger partial charge in [0.1, 0.15) is 29.3 Å². The maximum atomic E-state index is 14.5. The largest absolute Gasteiger partial charge is 0.443 e. The van der Waals surface area contributed by atoms with Crippen molar-refractivity contribution >= 4 is 64.5 Å². The van der Waals surface area contributed by atoms with Crippen molar-refractivity contribution in [1.29, 1.82) is 0 Å². The Hall–Kier alpha value is -6.78. The van der Waals surface area contributed by atoms with Crippen molar-refractivity contribution in [2.45, 2.75) is 110 Å². The van der Waals surface area contributed by atoms with Gasteiger partial charge >= 0.3 is 11.7 Å². The summed E-state index contributed by atoms with van der Waals surface area (Å²) in [5.74, 6) is -5.75. The van der Waals surface area contributed by atoms with Crippen molar-refractivity contribution in [2.75, 3.05) is 19.6 Å². The van der Waals surface area contributed by atoms with Crippen molar-refractivity contribution < 1.29 is 37.9 Å². The number of aliphatic imine (C=N–C) groups is 3. The number of nitrogens with two attached hydrogens (primary N) is 7. The van der Waals surface area contributed by atoms with E-state index in [-0.39, 0.29) is 85.7 Å². The highest BCUT2D eigenvalue weighted by atomic mass is 16.6. The smallest absolute Gasteiger partial charge is 0.424 e. The lowest BCUT2D eigenvalue weighted by atomic mass is 10.0. The molecule has 2 aromatic rings. The number of fused-ring (bicyclic) bond motifs is 1. The third-order valence-corrected chi connectivity index (χ3v) is 8.89. The normalized spacial score (nSPS) is 13.1. The zero-order chi connectivity index (χ0) is 46.9. The zero-order valence-corrected chi connectivity index (χ0v) is 36.1. The number of carbonyl (C=O) groups excluding carboxylic acids is 6. The monoisotopic (exact) mass is 870 g/mol. The standard InChI is InChI=1S/C39H62N14O9/c1-20(2)29(52-30(55)24(40)10-7-15-47-35(41)42)32(57)50-25(11-8-16-48-36(43)44)31(56)51-26(12-9-17-49-37(45)46)34(59)53(38(60)62-39(4,5)6)33(58)22-13-14-23-21(3)18-28(54)61-27(23)19-22/h13-14,18-20,24-26,29H,7-12,15-17,40H2,1-6H3,(H,50,57)(H,51,56)(H,52,55)(H4,41,42,47)(H4,43,44,48)(H4,45,46,49)/t24-,25-,26-,29-/m0/s1. The van der Waals surface area contributed by atoms with E-state index in [1.54, 1.807) is 20.8 Å². The minimum atomic E-state index is -1.62. The lowest BCUT2D eigenvalue weighted by Crippen LogP contribution is -2.59. The predicted molar refractivity (Wildman–Crippen MR) is 233 cm³/mol. The van der Waals surface area contributed by atoms with Crippen LogP contribution in [0.25, 0.3) is 11.0 Å². The highest BCUT2D eigenvalue weighted by Gasteiger charge is 2.39. The molecule has 0 radical (unpaired) electrons. The number of aryl methyl sites for hydroxylation is 1. The Morgan fingerprint density at radius 2 is 1.26 bits per heavy atom. The molecule has 1 aromatic heterocycles. The fraction of sp³-hybridized carbons (Fsp3) is 0.538. The van der Waals surface area contributed by atoms with E-state index in [1.807, 2.05) is 0 Å². The maximum Gasteiger partial charge on any atom is 0.424 e. The van der Waals surface area contributed by atoms with E-state index >= 15 is 0 Å². The minimum absolute atomic E-state index is 0.0135. The number of benzene rings is 1. The van der Waals surface area contributed by atoms with Crippen molar-refractivity contribution in [1.82, 2.24) is 20.9 Å². The molecule has 0 aliphatic carbocycles. The van der Waals surface area contributed by atoms with Crippen LogP contribution in [0.4, 0.5) is 4.79 Å². The Morgan fingerprint density at radius 3 is 1.77 bits per heavy atom. The molecular formula is C39H62N14O9. The van der Waals surface area contributed by atoms with E-state index in [0.29, 0.717) is 17.4 Å². The Bertz CT molecular complexity index is 2060. The molecular weight excluding hydrogens is 809 g/mol. The van der Waals surface area contributed by atoms with Crippen LogP contribution in [0.1, 0.15) is 89.1 Å². The Balaban J connectivity index is 2.56. The van der Waals surface area contributed by atoms with Gasteiger partial charge in [-0.2, -0.15) is 4.90 Å². The molecule has 17 N–H and O–H groups in total. The van der Waals surface area contributed by atoms with E-state index < -0.39 is 76.9 Å². The van der Waals surface area contributed by atoms with Gasteiger partial charge in [-0.1, -0.05) is 19.9 Å². The summed E-state index contributed by atoms with van der Waals surface area (Å²) >= 11 is 0. The van der Waals surface area contributed by atoms with Gasteiger partial charge in [0.15, 0.2) is 17.9 Å². The lowest BCUT2D eigenvalue weighted by molar-refractivity contribution is -0.136. The number of ether oxygens (including phenoxy) is 1. The summed E-state index contributed by atoms with van der Waals surface area (Å²) < 4.78 is 10.8. The van der Waals surface area contributed by atoms with Gasteiger partial charge in [-0.15, -0.1) is 0 Å². The van der Waals surface area contributed by atoms with E-state index in [2.05, 4.69) is 30.9 Å². The van der Waals surface area contributed by atoms with Crippen molar-refractivity contribution in [2.24, 2.45) is 61.0 Å². The molecule has 0 aliphatic rings. The van der Waals surface area contributed by atoms with Crippen molar-refractivity contribution in [3.05, 3.63) is 45.8 Å². The van der Waals surface area contributed by atoms with E-state index in [0.717, 1.165) is 0 Å². The van der Waals surface area contributed by atoms with Gasteiger partial charge in [0.2, 0.25) is 17.7 Å². The molecule has 1 aromatic carbocycles. The maximum absolute atomic E-state index is 14.5. The molecule has 0 spiro atoms. The summed E-state index contributed by atoms with van der Waals surface area (Å²) in [4.78, 5) is 108. The van der Waals surface area contributed by atoms with Gasteiger partial charge < -0.3 is 65.2 Å². The van der Waals surface area contributed by atoms with Crippen LogP contribution in [-0.4, -0.2) is 108 Å². The Kier molecular flexibility index (Phi) is 19.8. The number of amides is 6. The molecule has 0 aliphatic heterocycles. The zero-order valence-electron chi connectivity index (χ0n) is 36.1. The van der Waals surface area contributed by atoms with Gasteiger partial charge in [-0.3, -0.25) is 38.9 Å². The van der Waals surface area contributed by atoms with Gasteiger partial charge in [0, 0.05) is 36.7 Å². The summed E-state index contributed by atoms with van der Waals surface area (Å²) in [5.41, 5.74) is 37.2. The molecule has 1 heterocycles. The van der Waals surface area contributed by atoms with Crippen LogP contribution in [0.5, 0.6) is 0 Å². The molecule has 0 saturated carbocycles. The fourth-order valence-corrected chi connectivity index (χ4v) is 5.84. The molecule has 2 rings (SSSR count). The SMILES string of the molecule is Cc1cc(=O)oc2cc(C(=O)N(C(=O)OC(C)(C)C)C(=O)[C@H](CCCN=C(N)N)NC(=O)[C@H](CCCN=C(N)N)NC(=O)[C@@H](NC(=O)[C@@H](N)CCCN=C(N)N)C(C)C)ccc12. The molecule has 342 valence electrons. The molecule has 0 unspecified atom stereocenters. The Labute approximate surface area is 359 Å². The predicted octanol–water partition coefficient (Wildman–Crippen LogP) is -1.40. The topological polar surface area (TPSA) is 400 Å². The minimum Gasteiger partial charge on any atom is -0.443 e. The molecule has 6 amide bonds. The second-order valence-corrected chi connectivity index (χ2v) is 15.7. The molecule has 23 heteroatoms. The van der Waals surface area contributed by atoms with Gasteiger partial charge in [0.05, 0.1) is 6.04 Å². The van der Waals surface area contributed by atoms with Crippen LogP contribution < -0.4 is 61.7 Å². The quantitative estimate of drug-likeness (QED) is 0.0299. The van der Waals surface area contributed by atoms with Gasteiger partial charge in [0.25, 0.3) is 11.8 Å². The third kappa shape index (κ3) is 17.1. The summed E-state index contributed by atoms with van der Waals surface area (Å²) in [6.07, 6.45) is -0.883. The summed E-state index contributed by atoms with van der Waals surface area (Å²) in [6, 6.07) is 0.0917. The summed E-state index contributed by atoms with van der Waals surface area (Å²) in [7, 11) is 0. The van der Waals surface area contributed by atoms with Crippen LogP contribution >= 0.6 is 0 Å². The second kappa shape index (κ2) is 23.9. The number of nitrogens with zero attached hydrogens (tertiary/aromatic N) is 4. The summed E-state index contributed by atoms with van der Waals surface area (Å²) in [5, 5.41) is 8.35. The number of guanidine groups is 3. The van der Waals surface area contributed by atoms with Crippen LogP contribution in [0.3, 0.4) is 0 Å². The van der Waals surface area contributed by atoms with Crippen molar-refractivity contribution in [3.63, 3.8) is 0 Å². The first-order chi connectivity index (χ1) is 28.9. The molecule has 4 atom stereocenters. The molecule has 0 bridgehead atoms. The molecule has 23 nitrogen and oxygen atoms in total. The highest BCUT2D eigenvalue weighted by Crippen LogP contribution is 2.21. The Morgan fingerprint density at radius 1 is 0.742 bits per heavy atom. The van der Waals surface area contributed by atoms with Crippen molar-refractivity contribution in [3.8, 4) is 0 Å². The first-order valence-corrected chi connectivity index (χ1v) is 19.9. The number of carbonyl (C=O) groups is 6. The number of nitrogens with one attached hydrogen (secondary N) is 3. The first kappa shape index (κ1) is 51.4. The van der Waals surface area contributed by atoms with E-state index in [9.17, 15) is 33.6 Å². The number of hydrogen-bond acceptors (Lipinski definition) is 13. The number of imide groups is 3. The van der Waals surface area contributed by atoms with Crippen LogP contribution in [0, 0.1) is 12.8 Å². The van der Waals surface area contributed by atoms with E-state index in [1.165, 1.54) is 45.0 Å². The summed E-state index contributed by atoms with van der Waals surface area (Å²) in [6.45, 7) is 9.82.